The Bertz CT molecular complexity index is 1290. The molecule has 0 aliphatic carbocycles. The molecule has 2 aliphatic heterocycles. The van der Waals surface area contributed by atoms with Crippen molar-refractivity contribution in [2.75, 3.05) is 18.5 Å². The van der Waals surface area contributed by atoms with E-state index in [1.807, 2.05) is 0 Å². The van der Waals surface area contributed by atoms with Crippen LogP contribution in [0.25, 0.3) is 0 Å². The van der Waals surface area contributed by atoms with Crippen LogP contribution >= 0.6 is 0 Å². The van der Waals surface area contributed by atoms with Gasteiger partial charge in [0, 0.05) is 18.4 Å². The van der Waals surface area contributed by atoms with Crippen LogP contribution in [0.15, 0.2) is 66.7 Å². The van der Waals surface area contributed by atoms with E-state index in [4.69, 9.17) is 9.47 Å². The lowest BCUT2D eigenvalue weighted by molar-refractivity contribution is 0.0475. The van der Waals surface area contributed by atoms with Crippen LogP contribution in [0.1, 0.15) is 43.9 Å². The molecule has 1 unspecified atom stereocenters. The van der Waals surface area contributed by atoms with E-state index >= 15 is 0 Å². The third-order valence-corrected chi connectivity index (χ3v) is 5.80. The van der Waals surface area contributed by atoms with Gasteiger partial charge in [0.15, 0.2) is 0 Å². The highest BCUT2D eigenvalue weighted by Gasteiger charge is 2.37. The highest BCUT2D eigenvalue weighted by molar-refractivity contribution is 6.21. The number of fused-ring (bicyclic) bond motifs is 1. The third-order valence-electron chi connectivity index (χ3n) is 5.80. The van der Waals surface area contributed by atoms with Gasteiger partial charge in [0.05, 0.1) is 29.3 Å². The number of benzene rings is 3. The van der Waals surface area contributed by atoms with E-state index in [0.717, 1.165) is 12.8 Å². The maximum atomic E-state index is 13.9. The highest BCUT2D eigenvalue weighted by atomic mass is 19.1. The van der Waals surface area contributed by atoms with E-state index in [1.54, 1.807) is 42.5 Å². The number of hydrogen-bond donors (Lipinski definition) is 1. The van der Waals surface area contributed by atoms with Crippen molar-refractivity contribution in [3.8, 4) is 11.5 Å². The monoisotopic (exact) mass is 460 g/mol. The standard InChI is InChI=1S/C26H21FN2O5/c27-23-9-2-1-8-21(23)24(30)28-16-5-3-6-17(13-16)34-18-10-11-20-22(14-18)26(32)29(25(20)31)15-19-7-4-12-33-19/h1-3,5-6,8-11,13-14,19H,4,7,12,15H2,(H,28,30). The van der Waals surface area contributed by atoms with Gasteiger partial charge >= 0.3 is 0 Å². The molecule has 1 atom stereocenters. The van der Waals surface area contributed by atoms with E-state index in [2.05, 4.69) is 5.32 Å². The van der Waals surface area contributed by atoms with E-state index in [0.29, 0.717) is 29.4 Å². The number of amides is 3. The summed E-state index contributed by atoms with van der Waals surface area (Å²) in [5, 5.41) is 2.64. The molecular formula is C26H21FN2O5. The molecule has 2 aliphatic rings. The Balaban J connectivity index is 1.30. The molecule has 0 spiro atoms. The lowest BCUT2D eigenvalue weighted by Crippen LogP contribution is -2.36. The molecule has 0 saturated carbocycles. The molecule has 172 valence electrons. The van der Waals surface area contributed by atoms with Gasteiger partial charge in [0.2, 0.25) is 0 Å². The molecule has 1 saturated heterocycles. The molecule has 34 heavy (non-hydrogen) atoms. The summed E-state index contributed by atoms with van der Waals surface area (Å²) in [6.07, 6.45) is 1.62. The maximum Gasteiger partial charge on any atom is 0.261 e. The quantitative estimate of drug-likeness (QED) is 0.542. The van der Waals surface area contributed by atoms with E-state index in [9.17, 15) is 18.8 Å². The fourth-order valence-electron chi connectivity index (χ4n) is 4.11. The lowest BCUT2D eigenvalue weighted by atomic mass is 10.1. The Hall–Kier alpha value is -4.04. The SMILES string of the molecule is O=C(Nc1cccc(Oc2ccc3c(c2)C(=O)N(CC2CCCO2)C3=O)c1)c1ccccc1F. The van der Waals surface area contributed by atoms with E-state index in [-0.39, 0.29) is 35.6 Å². The number of halogens is 1. The zero-order valence-corrected chi connectivity index (χ0v) is 18.1. The minimum atomic E-state index is -0.613. The van der Waals surface area contributed by atoms with Crippen molar-refractivity contribution in [3.63, 3.8) is 0 Å². The fraction of sp³-hybridized carbons (Fsp3) is 0.192. The topological polar surface area (TPSA) is 84.9 Å². The zero-order valence-electron chi connectivity index (χ0n) is 18.1. The van der Waals surface area contributed by atoms with Gasteiger partial charge in [-0.05, 0) is 55.3 Å². The van der Waals surface area contributed by atoms with Crippen LogP contribution in [0.3, 0.4) is 0 Å². The molecule has 0 radical (unpaired) electrons. The van der Waals surface area contributed by atoms with Crippen molar-refractivity contribution < 1.29 is 28.2 Å². The molecule has 2 heterocycles. The second-order valence-electron chi connectivity index (χ2n) is 8.13. The summed E-state index contributed by atoms with van der Waals surface area (Å²) in [7, 11) is 0. The first-order valence-corrected chi connectivity index (χ1v) is 11.0. The number of imide groups is 1. The average Bonchev–Trinajstić information content (AvgIpc) is 3.42. The molecular weight excluding hydrogens is 439 g/mol. The van der Waals surface area contributed by atoms with E-state index < -0.39 is 11.7 Å². The predicted octanol–water partition coefficient (Wildman–Crippen LogP) is 4.65. The molecule has 7 nitrogen and oxygen atoms in total. The van der Waals surface area contributed by atoms with Crippen molar-refractivity contribution in [1.82, 2.24) is 4.90 Å². The lowest BCUT2D eigenvalue weighted by Gasteiger charge is -2.17. The molecule has 0 bridgehead atoms. The fourth-order valence-corrected chi connectivity index (χ4v) is 4.11. The Morgan fingerprint density at radius 1 is 1.00 bits per heavy atom. The molecule has 0 aromatic heterocycles. The predicted molar refractivity (Wildman–Crippen MR) is 122 cm³/mol. The van der Waals surface area contributed by atoms with E-state index in [1.165, 1.54) is 29.2 Å². The summed E-state index contributed by atoms with van der Waals surface area (Å²) in [4.78, 5) is 39.2. The van der Waals surface area contributed by atoms with Gasteiger partial charge in [0.25, 0.3) is 17.7 Å². The molecule has 5 rings (SSSR count). The second kappa shape index (κ2) is 9.07. The number of anilines is 1. The van der Waals surface area contributed by atoms with Gasteiger partial charge < -0.3 is 14.8 Å². The van der Waals surface area contributed by atoms with Crippen LogP contribution in [-0.2, 0) is 4.74 Å². The Morgan fingerprint density at radius 3 is 2.59 bits per heavy atom. The molecule has 1 N–H and O–H groups in total. The Morgan fingerprint density at radius 2 is 1.79 bits per heavy atom. The van der Waals surface area contributed by atoms with Crippen molar-refractivity contribution in [1.29, 1.82) is 0 Å². The second-order valence-corrected chi connectivity index (χ2v) is 8.13. The summed E-state index contributed by atoms with van der Waals surface area (Å²) in [6, 6.07) is 17.0. The van der Waals surface area contributed by atoms with Crippen LogP contribution < -0.4 is 10.1 Å². The van der Waals surface area contributed by atoms with Crippen LogP contribution in [0.4, 0.5) is 10.1 Å². The Labute approximate surface area is 195 Å². The summed E-state index contributed by atoms with van der Waals surface area (Å²) >= 11 is 0. The zero-order chi connectivity index (χ0) is 23.7. The number of ether oxygens (including phenoxy) is 2. The minimum absolute atomic E-state index is 0.0665. The van der Waals surface area contributed by atoms with Crippen LogP contribution in [0.5, 0.6) is 11.5 Å². The number of carbonyl (C=O) groups is 3. The highest BCUT2D eigenvalue weighted by Crippen LogP contribution is 2.31. The first-order valence-electron chi connectivity index (χ1n) is 11.0. The molecule has 3 aromatic carbocycles. The first-order chi connectivity index (χ1) is 16.5. The van der Waals surface area contributed by atoms with Gasteiger partial charge in [-0.3, -0.25) is 19.3 Å². The minimum Gasteiger partial charge on any atom is -0.457 e. The van der Waals surface area contributed by atoms with Crippen molar-refractivity contribution >= 4 is 23.4 Å². The van der Waals surface area contributed by atoms with Crippen molar-refractivity contribution in [2.45, 2.75) is 18.9 Å². The van der Waals surface area contributed by atoms with Crippen LogP contribution in [0, 0.1) is 5.82 Å². The number of rotatable bonds is 6. The summed E-state index contributed by atoms with van der Waals surface area (Å²) in [6.45, 7) is 0.887. The van der Waals surface area contributed by atoms with Gasteiger partial charge in [-0.2, -0.15) is 0 Å². The number of nitrogens with zero attached hydrogens (tertiary/aromatic N) is 1. The normalized spacial score (nSPS) is 17.1. The largest absolute Gasteiger partial charge is 0.457 e. The number of hydrogen-bond acceptors (Lipinski definition) is 5. The number of carbonyl (C=O) groups excluding carboxylic acids is 3. The number of nitrogens with one attached hydrogen (secondary N) is 1. The van der Waals surface area contributed by atoms with Gasteiger partial charge in [-0.15, -0.1) is 0 Å². The average molecular weight is 460 g/mol. The van der Waals surface area contributed by atoms with Gasteiger partial charge in [0.1, 0.15) is 17.3 Å². The summed E-state index contributed by atoms with van der Waals surface area (Å²) in [5.41, 5.74) is 0.967. The first kappa shape index (κ1) is 21.8. The smallest absolute Gasteiger partial charge is 0.261 e. The Kier molecular flexibility index (Phi) is 5.81. The van der Waals surface area contributed by atoms with Gasteiger partial charge in [-0.25, -0.2) is 4.39 Å². The van der Waals surface area contributed by atoms with Crippen molar-refractivity contribution in [3.05, 3.63) is 89.2 Å². The van der Waals surface area contributed by atoms with Crippen molar-refractivity contribution in [2.24, 2.45) is 0 Å². The molecule has 3 aromatic rings. The molecule has 1 fully saturated rings. The molecule has 3 amide bonds. The third kappa shape index (κ3) is 4.27. The van der Waals surface area contributed by atoms with Gasteiger partial charge in [-0.1, -0.05) is 18.2 Å². The summed E-state index contributed by atoms with van der Waals surface area (Å²) in [5.74, 6) is -1.12. The van der Waals surface area contributed by atoms with Crippen LogP contribution in [0.2, 0.25) is 0 Å². The molecule has 8 heteroatoms. The van der Waals surface area contributed by atoms with Crippen LogP contribution in [-0.4, -0.2) is 41.9 Å². The summed E-state index contributed by atoms with van der Waals surface area (Å²) < 4.78 is 25.3. The maximum absolute atomic E-state index is 13.9.